The van der Waals surface area contributed by atoms with Gasteiger partial charge in [0.25, 0.3) is 0 Å². The Morgan fingerprint density at radius 2 is 2.54 bits per heavy atom. The smallest absolute Gasteiger partial charge is 0.222 e. The van der Waals surface area contributed by atoms with E-state index in [2.05, 4.69) is 5.32 Å². The van der Waals surface area contributed by atoms with Gasteiger partial charge in [-0.3, -0.25) is 10.1 Å². The maximum atomic E-state index is 11.1. The largest absolute Gasteiger partial charge is 0.356 e. The number of aliphatic hydroxyl groups excluding tert-OH is 1. The van der Waals surface area contributed by atoms with Gasteiger partial charge in [0.2, 0.25) is 12.3 Å². The maximum Gasteiger partial charge on any atom is 0.222 e. The number of carbonyl (C=O) groups is 1. The molecule has 5 nitrogen and oxygen atoms in total. The Bertz CT molecular complexity index is 175. The summed E-state index contributed by atoms with van der Waals surface area (Å²) < 4.78 is 4.95. The van der Waals surface area contributed by atoms with Crippen LogP contribution in [0, 0.1) is 0 Å². The second-order valence-corrected chi connectivity index (χ2v) is 3.00. The summed E-state index contributed by atoms with van der Waals surface area (Å²) in [6, 6.07) is 0. The number of rotatable bonds is 5. The van der Waals surface area contributed by atoms with E-state index in [1.165, 1.54) is 0 Å². The molecule has 0 saturated carbocycles. The summed E-state index contributed by atoms with van der Waals surface area (Å²) in [5.74, 6) is 0.183. The SMILES string of the molecule is CNC(O)OCCN1CCCC1=O. The Labute approximate surface area is 77.7 Å². The molecule has 0 radical (unpaired) electrons. The Morgan fingerprint density at radius 3 is 3.08 bits per heavy atom. The van der Waals surface area contributed by atoms with Crippen LogP contribution in [-0.4, -0.2) is 49.1 Å². The highest BCUT2D eigenvalue weighted by atomic mass is 16.6. The lowest BCUT2D eigenvalue weighted by Crippen LogP contribution is -2.33. The van der Waals surface area contributed by atoms with Crippen LogP contribution in [0.4, 0.5) is 0 Å². The van der Waals surface area contributed by atoms with E-state index in [0.29, 0.717) is 19.6 Å². The average molecular weight is 188 g/mol. The number of amides is 1. The summed E-state index contributed by atoms with van der Waals surface area (Å²) >= 11 is 0. The lowest BCUT2D eigenvalue weighted by molar-refractivity contribution is -0.135. The molecule has 0 spiro atoms. The van der Waals surface area contributed by atoms with Gasteiger partial charge in [0.05, 0.1) is 6.61 Å². The Balaban J connectivity index is 2.08. The van der Waals surface area contributed by atoms with Crippen LogP contribution in [0.5, 0.6) is 0 Å². The van der Waals surface area contributed by atoms with Crippen LogP contribution < -0.4 is 5.32 Å². The zero-order valence-corrected chi connectivity index (χ0v) is 7.82. The highest BCUT2D eigenvalue weighted by Gasteiger charge is 2.19. The summed E-state index contributed by atoms with van der Waals surface area (Å²) in [5, 5.41) is 11.5. The van der Waals surface area contributed by atoms with E-state index in [9.17, 15) is 4.79 Å². The predicted octanol–water partition coefficient (Wildman–Crippen LogP) is -0.879. The van der Waals surface area contributed by atoms with E-state index >= 15 is 0 Å². The van der Waals surface area contributed by atoms with Gasteiger partial charge in [0.1, 0.15) is 0 Å². The minimum atomic E-state index is -0.933. The molecule has 1 atom stereocenters. The summed E-state index contributed by atoms with van der Waals surface area (Å²) in [7, 11) is 1.60. The Kier molecular flexibility index (Phi) is 4.14. The molecule has 2 N–H and O–H groups in total. The van der Waals surface area contributed by atoms with Crippen molar-refractivity contribution in [2.24, 2.45) is 0 Å². The van der Waals surface area contributed by atoms with Crippen LogP contribution in [0.25, 0.3) is 0 Å². The van der Waals surface area contributed by atoms with Gasteiger partial charge in [-0.1, -0.05) is 0 Å². The van der Waals surface area contributed by atoms with Crippen molar-refractivity contribution in [3.05, 3.63) is 0 Å². The van der Waals surface area contributed by atoms with Gasteiger partial charge in [-0.15, -0.1) is 0 Å². The molecule has 1 rings (SSSR count). The fourth-order valence-corrected chi connectivity index (χ4v) is 1.30. The van der Waals surface area contributed by atoms with E-state index in [-0.39, 0.29) is 5.91 Å². The molecule has 1 fully saturated rings. The zero-order chi connectivity index (χ0) is 9.68. The first-order valence-corrected chi connectivity index (χ1v) is 4.48. The second kappa shape index (κ2) is 5.16. The molecule has 1 heterocycles. The quantitative estimate of drug-likeness (QED) is 0.550. The summed E-state index contributed by atoms with van der Waals surface area (Å²) in [4.78, 5) is 12.9. The zero-order valence-electron chi connectivity index (χ0n) is 7.82. The van der Waals surface area contributed by atoms with Crippen LogP contribution in [0.1, 0.15) is 12.8 Å². The second-order valence-electron chi connectivity index (χ2n) is 3.00. The average Bonchev–Trinajstić information content (AvgIpc) is 2.52. The van der Waals surface area contributed by atoms with Gasteiger partial charge in [0, 0.05) is 19.5 Å². The molecule has 1 aliphatic rings. The lowest BCUT2D eigenvalue weighted by Gasteiger charge is -2.16. The van der Waals surface area contributed by atoms with Crippen molar-refractivity contribution in [2.45, 2.75) is 19.3 Å². The first-order valence-electron chi connectivity index (χ1n) is 4.48. The van der Waals surface area contributed by atoms with Crippen LogP contribution in [0.3, 0.4) is 0 Å². The molecular formula is C8H16N2O3. The number of ether oxygens (including phenoxy) is 1. The molecule has 5 heteroatoms. The number of nitrogens with zero attached hydrogens (tertiary/aromatic N) is 1. The summed E-state index contributed by atoms with van der Waals surface area (Å²) in [6.45, 7) is 1.75. The van der Waals surface area contributed by atoms with E-state index in [0.717, 1.165) is 13.0 Å². The molecule has 76 valence electrons. The third-order valence-electron chi connectivity index (χ3n) is 2.06. The van der Waals surface area contributed by atoms with Crippen molar-refractivity contribution < 1.29 is 14.6 Å². The number of hydrogen-bond acceptors (Lipinski definition) is 4. The molecule has 0 aromatic rings. The van der Waals surface area contributed by atoms with E-state index in [4.69, 9.17) is 9.84 Å². The third-order valence-corrected chi connectivity index (χ3v) is 2.06. The summed E-state index contributed by atoms with van der Waals surface area (Å²) in [6.07, 6.45) is 0.653. The van der Waals surface area contributed by atoms with Crippen molar-refractivity contribution in [1.82, 2.24) is 10.2 Å². The fraction of sp³-hybridized carbons (Fsp3) is 0.875. The third kappa shape index (κ3) is 3.30. The minimum absolute atomic E-state index is 0.183. The molecule has 0 aliphatic carbocycles. The molecular weight excluding hydrogens is 172 g/mol. The Morgan fingerprint density at radius 1 is 1.77 bits per heavy atom. The van der Waals surface area contributed by atoms with Gasteiger partial charge in [-0.2, -0.15) is 0 Å². The molecule has 13 heavy (non-hydrogen) atoms. The number of likely N-dealkylation sites (tertiary alicyclic amines) is 1. The van der Waals surface area contributed by atoms with Crippen molar-refractivity contribution in [3.63, 3.8) is 0 Å². The highest BCUT2D eigenvalue weighted by Crippen LogP contribution is 2.08. The fourth-order valence-electron chi connectivity index (χ4n) is 1.30. The van der Waals surface area contributed by atoms with Crippen molar-refractivity contribution in [2.75, 3.05) is 26.7 Å². The van der Waals surface area contributed by atoms with Crippen molar-refractivity contribution in [1.29, 1.82) is 0 Å². The Hall–Kier alpha value is -0.650. The predicted molar refractivity (Wildman–Crippen MR) is 46.8 cm³/mol. The van der Waals surface area contributed by atoms with Crippen LogP contribution in [-0.2, 0) is 9.53 Å². The molecule has 0 aromatic heterocycles. The maximum absolute atomic E-state index is 11.1. The van der Waals surface area contributed by atoms with Gasteiger partial charge in [-0.05, 0) is 13.5 Å². The van der Waals surface area contributed by atoms with Gasteiger partial charge in [0.15, 0.2) is 0 Å². The lowest BCUT2D eigenvalue weighted by atomic mass is 10.4. The molecule has 1 aliphatic heterocycles. The first kappa shape index (κ1) is 10.4. The monoisotopic (exact) mass is 188 g/mol. The molecule has 0 bridgehead atoms. The van der Waals surface area contributed by atoms with Gasteiger partial charge >= 0.3 is 0 Å². The minimum Gasteiger partial charge on any atom is -0.356 e. The molecule has 0 aromatic carbocycles. The summed E-state index contributed by atoms with van der Waals surface area (Å²) in [5.41, 5.74) is 0. The normalized spacial score (nSPS) is 19.5. The van der Waals surface area contributed by atoms with Crippen LogP contribution in [0.15, 0.2) is 0 Å². The van der Waals surface area contributed by atoms with Crippen molar-refractivity contribution >= 4 is 5.91 Å². The van der Waals surface area contributed by atoms with E-state index in [1.807, 2.05) is 0 Å². The molecule has 1 amide bonds. The highest BCUT2D eigenvalue weighted by molar-refractivity contribution is 5.77. The van der Waals surface area contributed by atoms with Crippen molar-refractivity contribution in [3.8, 4) is 0 Å². The van der Waals surface area contributed by atoms with E-state index < -0.39 is 6.41 Å². The standard InChI is InChI=1S/C8H16N2O3/c1-9-8(12)13-6-5-10-4-2-3-7(10)11/h8-9,12H,2-6H2,1H3. The van der Waals surface area contributed by atoms with Gasteiger partial charge < -0.3 is 14.7 Å². The van der Waals surface area contributed by atoms with Gasteiger partial charge in [-0.25, -0.2) is 0 Å². The number of nitrogens with one attached hydrogen (secondary N) is 1. The van der Waals surface area contributed by atoms with Crippen LogP contribution >= 0.6 is 0 Å². The molecule has 1 saturated heterocycles. The first-order chi connectivity index (χ1) is 6.24. The number of hydrogen-bond donors (Lipinski definition) is 2. The number of aliphatic hydroxyl groups is 1. The van der Waals surface area contributed by atoms with Crippen LogP contribution in [0.2, 0.25) is 0 Å². The number of carbonyl (C=O) groups excluding carboxylic acids is 1. The van der Waals surface area contributed by atoms with E-state index in [1.54, 1.807) is 11.9 Å². The topological polar surface area (TPSA) is 61.8 Å². The molecule has 1 unspecified atom stereocenters.